The lowest BCUT2D eigenvalue weighted by Crippen LogP contribution is -2.38. The first-order chi connectivity index (χ1) is 9.81. The third kappa shape index (κ3) is 5.87. The standard InChI is InChI=1S/C15H24BNO4/c1-11(2)17(12(3)4)10-9-15(18)13-5-7-14(8-6-13)21-16(19)20/h5-8,11-12,19-20H,9-10H2,1-4H3. The summed E-state index contributed by atoms with van der Waals surface area (Å²) >= 11 is 0. The van der Waals surface area contributed by atoms with E-state index in [0.717, 1.165) is 6.54 Å². The summed E-state index contributed by atoms with van der Waals surface area (Å²) in [5.74, 6) is 0.380. The predicted molar refractivity (Wildman–Crippen MR) is 83.2 cm³/mol. The van der Waals surface area contributed by atoms with Crippen LogP contribution >= 0.6 is 0 Å². The number of nitrogens with zero attached hydrogens (tertiary/aromatic N) is 1. The molecule has 0 radical (unpaired) electrons. The molecule has 1 aromatic rings. The number of Topliss-reactive ketones (excluding diaryl/α,β-unsaturated/α-hetero) is 1. The molecule has 0 unspecified atom stereocenters. The van der Waals surface area contributed by atoms with Crippen molar-refractivity contribution in [3.63, 3.8) is 0 Å². The van der Waals surface area contributed by atoms with Gasteiger partial charge in [0.1, 0.15) is 5.75 Å². The summed E-state index contributed by atoms with van der Waals surface area (Å²) in [6, 6.07) is 7.17. The van der Waals surface area contributed by atoms with E-state index in [2.05, 4.69) is 32.6 Å². The van der Waals surface area contributed by atoms with E-state index in [1.165, 1.54) is 0 Å². The second-order valence-electron chi connectivity index (χ2n) is 5.57. The first kappa shape index (κ1) is 17.7. The first-order valence-electron chi connectivity index (χ1n) is 7.23. The van der Waals surface area contributed by atoms with Crippen LogP contribution in [0, 0.1) is 0 Å². The summed E-state index contributed by atoms with van der Waals surface area (Å²) in [5, 5.41) is 17.4. The highest BCUT2D eigenvalue weighted by molar-refractivity contribution is 6.33. The largest absolute Gasteiger partial charge is 0.707 e. The molecule has 0 aliphatic heterocycles. The molecule has 21 heavy (non-hydrogen) atoms. The monoisotopic (exact) mass is 293 g/mol. The van der Waals surface area contributed by atoms with Crippen LogP contribution in [0.25, 0.3) is 0 Å². The van der Waals surface area contributed by atoms with Crippen LogP contribution in [0.2, 0.25) is 0 Å². The fraction of sp³-hybridized carbons (Fsp3) is 0.533. The summed E-state index contributed by atoms with van der Waals surface area (Å²) in [4.78, 5) is 14.4. The molecule has 1 rings (SSSR count). The third-order valence-electron chi connectivity index (χ3n) is 3.34. The molecule has 0 aliphatic rings. The molecule has 0 spiro atoms. The molecule has 0 amide bonds. The minimum absolute atomic E-state index is 0.0670. The van der Waals surface area contributed by atoms with E-state index in [0.29, 0.717) is 29.8 Å². The Kier molecular flexibility index (Phi) is 6.88. The number of benzene rings is 1. The average molecular weight is 293 g/mol. The number of rotatable bonds is 8. The molecule has 0 bridgehead atoms. The van der Waals surface area contributed by atoms with Gasteiger partial charge in [-0.3, -0.25) is 9.69 Å². The fourth-order valence-electron chi connectivity index (χ4n) is 2.33. The van der Waals surface area contributed by atoms with Crippen LogP contribution in [-0.4, -0.2) is 46.7 Å². The van der Waals surface area contributed by atoms with Crippen molar-refractivity contribution < 1.29 is 19.5 Å². The van der Waals surface area contributed by atoms with Gasteiger partial charge in [0.15, 0.2) is 5.78 Å². The van der Waals surface area contributed by atoms with E-state index >= 15 is 0 Å². The van der Waals surface area contributed by atoms with Crippen LogP contribution in [0.5, 0.6) is 5.75 Å². The second-order valence-corrected chi connectivity index (χ2v) is 5.57. The Labute approximate surface area is 126 Å². The van der Waals surface area contributed by atoms with Crippen LogP contribution in [-0.2, 0) is 0 Å². The van der Waals surface area contributed by atoms with E-state index in [9.17, 15) is 4.79 Å². The zero-order chi connectivity index (χ0) is 16.0. The second kappa shape index (κ2) is 8.17. The Morgan fingerprint density at radius 1 is 1.14 bits per heavy atom. The molecular weight excluding hydrogens is 269 g/mol. The molecule has 0 atom stereocenters. The molecule has 0 heterocycles. The Morgan fingerprint density at radius 2 is 1.67 bits per heavy atom. The van der Waals surface area contributed by atoms with Crippen molar-refractivity contribution in [1.82, 2.24) is 4.90 Å². The molecule has 0 aromatic heterocycles. The van der Waals surface area contributed by atoms with Gasteiger partial charge in [0.05, 0.1) is 0 Å². The highest BCUT2D eigenvalue weighted by atomic mass is 16.6. The molecule has 0 saturated heterocycles. The first-order valence-corrected chi connectivity index (χ1v) is 7.23. The van der Waals surface area contributed by atoms with Gasteiger partial charge >= 0.3 is 7.32 Å². The van der Waals surface area contributed by atoms with Gasteiger partial charge in [0.25, 0.3) is 0 Å². The summed E-state index contributed by atoms with van der Waals surface area (Å²) in [7, 11) is -1.85. The molecular formula is C15H24BNO4. The minimum atomic E-state index is -1.85. The van der Waals surface area contributed by atoms with Crippen LogP contribution in [0.15, 0.2) is 24.3 Å². The van der Waals surface area contributed by atoms with Crippen LogP contribution in [0.1, 0.15) is 44.5 Å². The average Bonchev–Trinajstić information content (AvgIpc) is 2.38. The summed E-state index contributed by atoms with van der Waals surface area (Å²) in [5.41, 5.74) is 0.599. The molecule has 0 fully saturated rings. The topological polar surface area (TPSA) is 70.0 Å². The highest BCUT2D eigenvalue weighted by Crippen LogP contribution is 2.14. The highest BCUT2D eigenvalue weighted by Gasteiger charge is 2.16. The lowest BCUT2D eigenvalue weighted by molar-refractivity contribution is 0.0940. The summed E-state index contributed by atoms with van der Waals surface area (Å²) in [6.07, 6.45) is 0.458. The molecule has 0 aliphatic carbocycles. The fourth-order valence-corrected chi connectivity index (χ4v) is 2.33. The van der Waals surface area contributed by atoms with Crippen molar-refractivity contribution in [3.8, 4) is 5.75 Å². The Hall–Kier alpha value is -1.37. The third-order valence-corrected chi connectivity index (χ3v) is 3.34. The zero-order valence-corrected chi connectivity index (χ0v) is 13.1. The van der Waals surface area contributed by atoms with Gasteiger partial charge < -0.3 is 14.7 Å². The normalized spacial score (nSPS) is 11.3. The van der Waals surface area contributed by atoms with Gasteiger partial charge in [0.2, 0.25) is 0 Å². The quantitative estimate of drug-likeness (QED) is 0.564. The van der Waals surface area contributed by atoms with E-state index in [1.54, 1.807) is 24.3 Å². The van der Waals surface area contributed by atoms with E-state index in [-0.39, 0.29) is 5.78 Å². The van der Waals surface area contributed by atoms with Crippen LogP contribution in [0.3, 0.4) is 0 Å². The maximum atomic E-state index is 12.2. The van der Waals surface area contributed by atoms with Crippen molar-refractivity contribution in [2.45, 2.75) is 46.2 Å². The van der Waals surface area contributed by atoms with E-state index < -0.39 is 7.32 Å². The molecule has 5 nitrogen and oxygen atoms in total. The molecule has 116 valence electrons. The van der Waals surface area contributed by atoms with E-state index in [4.69, 9.17) is 14.7 Å². The Balaban J connectivity index is 2.59. The van der Waals surface area contributed by atoms with Crippen molar-refractivity contribution in [2.75, 3.05) is 6.54 Å². The lowest BCUT2D eigenvalue weighted by Gasteiger charge is -2.30. The van der Waals surface area contributed by atoms with E-state index in [1.807, 2.05) is 0 Å². The van der Waals surface area contributed by atoms with Crippen LogP contribution in [0.4, 0.5) is 0 Å². The van der Waals surface area contributed by atoms with Gasteiger partial charge in [-0.1, -0.05) is 0 Å². The van der Waals surface area contributed by atoms with Gasteiger partial charge in [-0.2, -0.15) is 0 Å². The maximum absolute atomic E-state index is 12.2. The zero-order valence-electron chi connectivity index (χ0n) is 13.1. The predicted octanol–water partition coefficient (Wildman–Crippen LogP) is 1.73. The number of ketones is 1. The molecule has 1 aromatic carbocycles. The smallest absolute Gasteiger partial charge is 0.512 e. The van der Waals surface area contributed by atoms with Crippen molar-refractivity contribution >= 4 is 13.1 Å². The number of hydrogen-bond donors (Lipinski definition) is 2. The Bertz CT molecular complexity index is 437. The van der Waals surface area contributed by atoms with Crippen molar-refractivity contribution in [3.05, 3.63) is 29.8 Å². The maximum Gasteiger partial charge on any atom is 0.707 e. The van der Waals surface area contributed by atoms with Gasteiger partial charge in [-0.15, -0.1) is 0 Å². The minimum Gasteiger partial charge on any atom is -0.512 e. The SMILES string of the molecule is CC(C)N(CCC(=O)c1ccc(OB(O)O)cc1)C(C)C. The van der Waals surface area contributed by atoms with Gasteiger partial charge in [0, 0.05) is 30.6 Å². The number of hydrogen-bond acceptors (Lipinski definition) is 5. The lowest BCUT2D eigenvalue weighted by atomic mass is 10.1. The molecule has 0 saturated carbocycles. The summed E-state index contributed by atoms with van der Waals surface area (Å²) < 4.78 is 4.70. The molecule has 6 heteroatoms. The van der Waals surface area contributed by atoms with Crippen molar-refractivity contribution in [1.29, 1.82) is 0 Å². The van der Waals surface area contributed by atoms with Gasteiger partial charge in [-0.25, -0.2) is 0 Å². The summed E-state index contributed by atoms with van der Waals surface area (Å²) in [6.45, 7) is 9.21. The van der Waals surface area contributed by atoms with Crippen LogP contribution < -0.4 is 4.65 Å². The van der Waals surface area contributed by atoms with Gasteiger partial charge in [-0.05, 0) is 52.0 Å². The van der Waals surface area contributed by atoms with Crippen molar-refractivity contribution in [2.24, 2.45) is 0 Å². The number of carbonyl (C=O) groups is 1. The number of carbonyl (C=O) groups excluding carboxylic acids is 1. The molecule has 2 N–H and O–H groups in total. The Morgan fingerprint density at radius 3 is 2.10 bits per heavy atom.